The van der Waals surface area contributed by atoms with Crippen molar-refractivity contribution in [2.75, 3.05) is 5.73 Å². The molecule has 2 aliphatic rings. The Labute approximate surface area is 127 Å². The van der Waals surface area contributed by atoms with Crippen molar-refractivity contribution >= 4 is 11.6 Å². The van der Waals surface area contributed by atoms with Gasteiger partial charge in [0.25, 0.3) is 0 Å². The summed E-state index contributed by atoms with van der Waals surface area (Å²) in [6.45, 7) is 4.89. The number of rotatable bonds is 4. The highest BCUT2D eigenvalue weighted by molar-refractivity contribution is 5.80. The molecule has 1 amide bonds. The molecule has 1 aromatic carbocycles. The van der Waals surface area contributed by atoms with Crippen molar-refractivity contribution in [1.82, 2.24) is 4.90 Å². The number of amides is 1. The van der Waals surface area contributed by atoms with Gasteiger partial charge in [0.2, 0.25) is 5.91 Å². The monoisotopic (exact) mass is 286 g/mol. The van der Waals surface area contributed by atoms with E-state index in [0.29, 0.717) is 18.4 Å². The van der Waals surface area contributed by atoms with Crippen LogP contribution in [0.3, 0.4) is 0 Å². The third-order valence-corrected chi connectivity index (χ3v) is 5.27. The maximum Gasteiger partial charge on any atom is 0.226 e. The summed E-state index contributed by atoms with van der Waals surface area (Å²) in [5.74, 6) is 2.08. The van der Waals surface area contributed by atoms with E-state index in [4.69, 9.17) is 5.73 Å². The Bertz CT molecular complexity index is 526. The second-order valence-electron chi connectivity index (χ2n) is 7.09. The Morgan fingerprint density at radius 1 is 1.33 bits per heavy atom. The van der Waals surface area contributed by atoms with Crippen LogP contribution in [0.2, 0.25) is 0 Å². The fourth-order valence-electron chi connectivity index (χ4n) is 4.16. The number of fused-ring (bicyclic) bond motifs is 2. The lowest BCUT2D eigenvalue weighted by molar-refractivity contribution is -0.139. The molecule has 3 nitrogen and oxygen atoms in total. The van der Waals surface area contributed by atoms with Gasteiger partial charge >= 0.3 is 0 Å². The van der Waals surface area contributed by atoms with Crippen molar-refractivity contribution in [2.24, 2.45) is 17.8 Å². The summed E-state index contributed by atoms with van der Waals surface area (Å²) >= 11 is 0. The molecule has 1 aromatic rings. The summed E-state index contributed by atoms with van der Waals surface area (Å²) < 4.78 is 0. The highest BCUT2D eigenvalue weighted by Gasteiger charge is 2.44. The maximum atomic E-state index is 13.0. The molecular formula is C18H26N2O. The van der Waals surface area contributed by atoms with Crippen molar-refractivity contribution in [3.63, 3.8) is 0 Å². The number of carbonyl (C=O) groups excluding carboxylic acids is 1. The van der Waals surface area contributed by atoms with Crippen LogP contribution in [-0.2, 0) is 11.3 Å². The predicted octanol–water partition coefficient (Wildman–Crippen LogP) is 3.44. The minimum atomic E-state index is 0.234. The maximum absolute atomic E-state index is 13.0. The largest absolute Gasteiger partial charge is 0.399 e. The lowest BCUT2D eigenvalue weighted by Crippen LogP contribution is -2.42. The molecule has 3 atom stereocenters. The number of benzene rings is 1. The van der Waals surface area contributed by atoms with Gasteiger partial charge in [-0.3, -0.25) is 4.79 Å². The van der Waals surface area contributed by atoms with Crippen molar-refractivity contribution in [2.45, 2.75) is 52.1 Å². The van der Waals surface area contributed by atoms with E-state index < -0.39 is 0 Å². The molecule has 2 fully saturated rings. The van der Waals surface area contributed by atoms with E-state index in [1.54, 1.807) is 0 Å². The number of nitrogens with zero attached hydrogens (tertiary/aromatic N) is 1. The normalized spacial score (nSPS) is 27.3. The van der Waals surface area contributed by atoms with E-state index in [0.717, 1.165) is 23.6 Å². The summed E-state index contributed by atoms with van der Waals surface area (Å²) in [7, 11) is 0. The van der Waals surface area contributed by atoms with E-state index >= 15 is 0 Å². The Kier molecular flexibility index (Phi) is 3.92. The van der Waals surface area contributed by atoms with Gasteiger partial charge in [0.1, 0.15) is 0 Å². The summed E-state index contributed by atoms with van der Waals surface area (Å²) in [6.07, 6.45) is 4.99. The van der Waals surface area contributed by atoms with Crippen LogP contribution in [0.25, 0.3) is 0 Å². The van der Waals surface area contributed by atoms with Crippen molar-refractivity contribution in [3.05, 3.63) is 29.8 Å². The summed E-state index contributed by atoms with van der Waals surface area (Å²) in [5.41, 5.74) is 7.75. The lowest BCUT2D eigenvalue weighted by Gasteiger charge is -2.32. The van der Waals surface area contributed by atoms with Gasteiger partial charge in [-0.2, -0.15) is 0 Å². The van der Waals surface area contributed by atoms with Crippen LogP contribution in [0.5, 0.6) is 0 Å². The van der Waals surface area contributed by atoms with Gasteiger partial charge in [0, 0.05) is 24.2 Å². The molecule has 114 valence electrons. The number of nitrogens with two attached hydrogens (primary N) is 1. The molecule has 0 radical (unpaired) electrons. The zero-order valence-corrected chi connectivity index (χ0v) is 13.1. The van der Waals surface area contributed by atoms with Gasteiger partial charge in [-0.25, -0.2) is 0 Å². The van der Waals surface area contributed by atoms with E-state index in [1.165, 1.54) is 19.3 Å². The minimum Gasteiger partial charge on any atom is -0.399 e. The van der Waals surface area contributed by atoms with Gasteiger partial charge < -0.3 is 10.6 Å². The summed E-state index contributed by atoms with van der Waals surface area (Å²) in [4.78, 5) is 15.0. The van der Waals surface area contributed by atoms with Crippen molar-refractivity contribution in [3.8, 4) is 0 Å². The fourth-order valence-corrected chi connectivity index (χ4v) is 4.16. The third kappa shape index (κ3) is 2.92. The van der Waals surface area contributed by atoms with Crippen LogP contribution in [-0.4, -0.2) is 16.8 Å². The van der Waals surface area contributed by atoms with E-state index in [9.17, 15) is 4.79 Å². The van der Waals surface area contributed by atoms with Gasteiger partial charge in [-0.05, 0) is 62.6 Å². The molecule has 2 N–H and O–H groups in total. The number of anilines is 1. The van der Waals surface area contributed by atoms with E-state index in [2.05, 4.69) is 19.9 Å². The average molecular weight is 286 g/mol. The molecule has 21 heavy (non-hydrogen) atoms. The first-order valence-corrected chi connectivity index (χ1v) is 8.19. The third-order valence-electron chi connectivity index (χ3n) is 5.27. The molecule has 2 saturated carbocycles. The molecule has 2 bridgehead atoms. The van der Waals surface area contributed by atoms with E-state index in [-0.39, 0.29) is 12.0 Å². The number of hydrogen-bond acceptors (Lipinski definition) is 2. The molecule has 0 saturated heterocycles. The second kappa shape index (κ2) is 5.70. The van der Waals surface area contributed by atoms with Crippen LogP contribution in [0.1, 0.15) is 45.1 Å². The average Bonchev–Trinajstić information content (AvgIpc) is 3.06. The molecule has 0 aromatic heterocycles. The zero-order valence-electron chi connectivity index (χ0n) is 13.1. The van der Waals surface area contributed by atoms with Crippen LogP contribution in [0.15, 0.2) is 24.3 Å². The molecule has 3 rings (SSSR count). The smallest absolute Gasteiger partial charge is 0.226 e. The molecule has 3 heteroatoms. The summed E-state index contributed by atoms with van der Waals surface area (Å²) in [6, 6.07) is 8.12. The van der Waals surface area contributed by atoms with Gasteiger partial charge in [0.15, 0.2) is 0 Å². The zero-order chi connectivity index (χ0) is 15.0. The first-order valence-electron chi connectivity index (χ1n) is 8.19. The molecule has 0 heterocycles. The second-order valence-corrected chi connectivity index (χ2v) is 7.09. The number of carbonyl (C=O) groups is 1. The van der Waals surface area contributed by atoms with E-state index in [1.807, 2.05) is 23.1 Å². The quantitative estimate of drug-likeness (QED) is 0.862. The molecule has 0 spiro atoms. The van der Waals surface area contributed by atoms with Crippen molar-refractivity contribution in [1.29, 1.82) is 0 Å². The van der Waals surface area contributed by atoms with Gasteiger partial charge in [-0.1, -0.05) is 18.6 Å². The lowest BCUT2D eigenvalue weighted by atomic mass is 9.87. The standard InChI is InChI=1S/C18H26N2O/c1-12(2)20(11-14-4-3-5-16(19)9-14)18(21)17-10-13-6-7-15(17)8-13/h3-5,9,12-13,15,17H,6-8,10-11,19H2,1-2H3. The van der Waals surface area contributed by atoms with Crippen LogP contribution in [0, 0.1) is 17.8 Å². The topological polar surface area (TPSA) is 46.3 Å². The minimum absolute atomic E-state index is 0.234. The van der Waals surface area contributed by atoms with Crippen LogP contribution in [0.4, 0.5) is 5.69 Å². The highest BCUT2D eigenvalue weighted by Crippen LogP contribution is 2.49. The highest BCUT2D eigenvalue weighted by atomic mass is 16.2. The predicted molar refractivity (Wildman–Crippen MR) is 85.5 cm³/mol. The SMILES string of the molecule is CC(C)N(Cc1cccc(N)c1)C(=O)C1CC2CCC1C2. The van der Waals surface area contributed by atoms with Crippen LogP contribution >= 0.6 is 0 Å². The molecule has 0 aliphatic heterocycles. The number of hydrogen-bond donors (Lipinski definition) is 1. The van der Waals surface area contributed by atoms with Crippen LogP contribution < -0.4 is 5.73 Å². The Balaban J connectivity index is 1.73. The molecule has 3 unspecified atom stereocenters. The fraction of sp³-hybridized carbons (Fsp3) is 0.611. The van der Waals surface area contributed by atoms with Gasteiger partial charge in [0.05, 0.1) is 0 Å². The first-order chi connectivity index (χ1) is 10.0. The molecular weight excluding hydrogens is 260 g/mol. The van der Waals surface area contributed by atoms with Crippen molar-refractivity contribution < 1.29 is 4.79 Å². The first kappa shape index (κ1) is 14.4. The Morgan fingerprint density at radius 2 is 2.14 bits per heavy atom. The Hall–Kier alpha value is -1.51. The summed E-state index contributed by atoms with van der Waals surface area (Å²) in [5, 5.41) is 0. The molecule has 2 aliphatic carbocycles. The number of nitrogen functional groups attached to an aromatic ring is 1. The Morgan fingerprint density at radius 3 is 2.71 bits per heavy atom. The van der Waals surface area contributed by atoms with Gasteiger partial charge in [-0.15, -0.1) is 0 Å².